The summed E-state index contributed by atoms with van der Waals surface area (Å²) >= 11 is 1.32. The van der Waals surface area contributed by atoms with Crippen LogP contribution in [0.2, 0.25) is 0 Å². The second-order valence-corrected chi connectivity index (χ2v) is 6.87. The topological polar surface area (TPSA) is 104 Å². The molecule has 0 saturated heterocycles. The number of thiazole rings is 1. The molecule has 1 heterocycles. The summed E-state index contributed by atoms with van der Waals surface area (Å²) in [5.41, 5.74) is 1.44. The van der Waals surface area contributed by atoms with E-state index in [9.17, 15) is 14.9 Å². The van der Waals surface area contributed by atoms with Crippen molar-refractivity contribution in [3.8, 4) is 11.5 Å². The molecule has 0 radical (unpaired) electrons. The number of benzene rings is 2. The number of ether oxygens (including phenoxy) is 2. The van der Waals surface area contributed by atoms with Crippen LogP contribution >= 0.6 is 11.3 Å². The number of hydrogen-bond acceptors (Lipinski definition) is 7. The first-order valence-corrected chi connectivity index (χ1v) is 9.48. The van der Waals surface area contributed by atoms with Crippen molar-refractivity contribution >= 4 is 38.3 Å². The van der Waals surface area contributed by atoms with Gasteiger partial charge >= 0.3 is 0 Å². The lowest BCUT2D eigenvalue weighted by Gasteiger charge is -2.11. The molecule has 1 amide bonds. The number of nitro benzene ring substituents is 1. The number of aryl methyl sites for hydroxylation is 1. The van der Waals surface area contributed by atoms with Crippen LogP contribution in [-0.2, 0) is 6.42 Å². The first-order valence-electron chi connectivity index (χ1n) is 8.66. The van der Waals surface area contributed by atoms with Crippen LogP contribution in [0.5, 0.6) is 11.5 Å². The highest BCUT2D eigenvalue weighted by Gasteiger charge is 2.25. The predicted octanol–water partition coefficient (Wildman–Crippen LogP) is 4.43. The number of nitrogens with one attached hydrogen (secondary N) is 1. The predicted molar refractivity (Wildman–Crippen MR) is 108 cm³/mol. The van der Waals surface area contributed by atoms with Gasteiger partial charge in [-0.3, -0.25) is 20.2 Å². The van der Waals surface area contributed by atoms with Crippen LogP contribution in [0.3, 0.4) is 0 Å². The Kier molecular flexibility index (Phi) is 5.74. The molecule has 0 aliphatic rings. The minimum absolute atomic E-state index is 0.122. The lowest BCUT2D eigenvalue weighted by Crippen LogP contribution is -2.14. The minimum atomic E-state index is -0.634. The van der Waals surface area contributed by atoms with Gasteiger partial charge in [0.2, 0.25) is 0 Å². The minimum Gasteiger partial charge on any atom is -0.493 e. The number of carbonyl (C=O) groups excluding carboxylic acids is 1. The monoisotopic (exact) mass is 401 g/mol. The highest BCUT2D eigenvalue weighted by molar-refractivity contribution is 7.22. The van der Waals surface area contributed by atoms with E-state index in [4.69, 9.17) is 9.47 Å². The molecule has 1 aromatic heterocycles. The van der Waals surface area contributed by atoms with Crippen LogP contribution in [0.15, 0.2) is 30.3 Å². The van der Waals surface area contributed by atoms with Gasteiger partial charge in [0.15, 0.2) is 16.6 Å². The summed E-state index contributed by atoms with van der Waals surface area (Å²) in [7, 11) is 1.38. The number of fused-ring (bicyclic) bond motifs is 1. The van der Waals surface area contributed by atoms with Gasteiger partial charge in [-0.25, -0.2) is 4.98 Å². The number of amides is 1. The van der Waals surface area contributed by atoms with Crippen LogP contribution in [0.25, 0.3) is 10.2 Å². The Morgan fingerprint density at radius 2 is 2.04 bits per heavy atom. The summed E-state index contributed by atoms with van der Waals surface area (Å²) in [4.78, 5) is 27.9. The molecule has 146 valence electrons. The smallest absolute Gasteiger partial charge is 0.286 e. The second-order valence-electron chi connectivity index (χ2n) is 5.84. The Morgan fingerprint density at radius 1 is 1.25 bits per heavy atom. The number of carbonyl (C=O) groups is 1. The zero-order chi connectivity index (χ0) is 20.3. The SMILES string of the molecule is CCOc1cc(C(=O)Nc2nc3ccc(CC)cc3s2)c([N+](=O)[O-])cc1OC. The fraction of sp³-hybridized carbons (Fsp3) is 0.263. The molecule has 8 nitrogen and oxygen atoms in total. The summed E-state index contributed by atoms with van der Waals surface area (Å²) in [6.45, 7) is 4.16. The number of methoxy groups -OCH3 is 1. The molecular formula is C19H19N3O5S. The highest BCUT2D eigenvalue weighted by Crippen LogP contribution is 2.35. The van der Waals surface area contributed by atoms with Crippen molar-refractivity contribution in [2.24, 2.45) is 0 Å². The van der Waals surface area contributed by atoms with Crippen LogP contribution < -0.4 is 14.8 Å². The molecule has 3 rings (SSSR count). The van der Waals surface area contributed by atoms with Gasteiger partial charge in [-0.1, -0.05) is 24.3 Å². The summed E-state index contributed by atoms with van der Waals surface area (Å²) in [5, 5.41) is 14.5. The number of rotatable bonds is 7. The fourth-order valence-corrected chi connectivity index (χ4v) is 3.64. The molecule has 0 saturated carbocycles. The van der Waals surface area contributed by atoms with Gasteiger partial charge in [-0.2, -0.15) is 0 Å². The molecule has 0 spiro atoms. The Bertz CT molecular complexity index is 1050. The quantitative estimate of drug-likeness (QED) is 0.464. The van der Waals surface area contributed by atoms with Crippen LogP contribution in [0, 0.1) is 10.1 Å². The van der Waals surface area contributed by atoms with E-state index in [0.717, 1.165) is 16.6 Å². The largest absolute Gasteiger partial charge is 0.493 e. The summed E-state index contributed by atoms with van der Waals surface area (Å²) < 4.78 is 11.5. The molecule has 0 bridgehead atoms. The lowest BCUT2D eigenvalue weighted by molar-refractivity contribution is -0.385. The Balaban J connectivity index is 1.97. The summed E-state index contributed by atoms with van der Waals surface area (Å²) in [6.07, 6.45) is 0.897. The third-order valence-corrected chi connectivity index (χ3v) is 5.04. The van der Waals surface area contributed by atoms with E-state index in [1.165, 1.54) is 36.1 Å². The zero-order valence-corrected chi connectivity index (χ0v) is 16.5. The fourth-order valence-electron chi connectivity index (χ4n) is 2.72. The molecule has 9 heteroatoms. The maximum atomic E-state index is 12.8. The Hall–Kier alpha value is -3.20. The maximum absolute atomic E-state index is 12.8. The summed E-state index contributed by atoms with van der Waals surface area (Å²) in [6, 6.07) is 8.40. The molecule has 3 aromatic rings. The van der Waals surface area contributed by atoms with Gasteiger partial charge in [0, 0.05) is 6.07 Å². The average Bonchev–Trinajstić information content (AvgIpc) is 3.08. The maximum Gasteiger partial charge on any atom is 0.286 e. The van der Waals surface area contributed by atoms with E-state index in [2.05, 4.69) is 17.2 Å². The highest BCUT2D eigenvalue weighted by atomic mass is 32.1. The molecule has 0 aliphatic carbocycles. The van der Waals surface area contributed by atoms with Gasteiger partial charge < -0.3 is 9.47 Å². The second kappa shape index (κ2) is 8.22. The van der Waals surface area contributed by atoms with Crippen LogP contribution in [0.4, 0.5) is 10.8 Å². The van der Waals surface area contributed by atoms with E-state index < -0.39 is 10.8 Å². The standard InChI is InChI=1S/C19H19N3O5S/c1-4-11-6-7-13-17(8-11)28-19(20-13)21-18(23)12-9-16(27-5-2)15(26-3)10-14(12)22(24)25/h6-10H,4-5H2,1-3H3,(H,20,21,23). The Labute approximate surface area is 165 Å². The van der Waals surface area contributed by atoms with Gasteiger partial charge in [0.05, 0.1) is 34.9 Å². The van der Waals surface area contributed by atoms with Gasteiger partial charge in [-0.05, 0) is 31.0 Å². The molecule has 0 unspecified atom stereocenters. The average molecular weight is 401 g/mol. The molecule has 2 aromatic carbocycles. The number of aromatic nitrogens is 1. The Morgan fingerprint density at radius 3 is 2.68 bits per heavy atom. The van der Waals surface area contributed by atoms with Gasteiger partial charge in [0.25, 0.3) is 11.6 Å². The van der Waals surface area contributed by atoms with Crippen LogP contribution in [-0.4, -0.2) is 29.5 Å². The third kappa shape index (κ3) is 3.89. The third-order valence-electron chi connectivity index (χ3n) is 4.10. The van der Waals surface area contributed by atoms with Crippen LogP contribution in [0.1, 0.15) is 29.8 Å². The van der Waals surface area contributed by atoms with Crippen molar-refractivity contribution in [2.45, 2.75) is 20.3 Å². The van der Waals surface area contributed by atoms with Crippen molar-refractivity contribution in [3.63, 3.8) is 0 Å². The number of nitrogens with zero attached hydrogens (tertiary/aromatic N) is 2. The molecule has 0 fully saturated rings. The summed E-state index contributed by atoms with van der Waals surface area (Å²) in [5.74, 6) is -0.181. The molecule has 0 atom stereocenters. The molecular weight excluding hydrogens is 382 g/mol. The van der Waals surface area contributed by atoms with Crippen molar-refractivity contribution in [3.05, 3.63) is 51.6 Å². The normalized spacial score (nSPS) is 10.7. The number of hydrogen-bond donors (Lipinski definition) is 1. The van der Waals surface area contributed by atoms with E-state index in [0.29, 0.717) is 11.7 Å². The van der Waals surface area contributed by atoms with Crippen molar-refractivity contribution < 1.29 is 19.2 Å². The van der Waals surface area contributed by atoms with E-state index >= 15 is 0 Å². The first kappa shape index (κ1) is 19.6. The molecule has 28 heavy (non-hydrogen) atoms. The lowest BCUT2D eigenvalue weighted by atomic mass is 10.1. The van der Waals surface area contributed by atoms with Crippen molar-refractivity contribution in [2.75, 3.05) is 19.0 Å². The van der Waals surface area contributed by atoms with Crippen molar-refractivity contribution in [1.29, 1.82) is 0 Å². The first-order chi connectivity index (χ1) is 13.5. The van der Waals surface area contributed by atoms with E-state index in [-0.39, 0.29) is 22.7 Å². The number of nitro groups is 1. The van der Waals surface area contributed by atoms with E-state index in [1.807, 2.05) is 18.2 Å². The van der Waals surface area contributed by atoms with E-state index in [1.54, 1.807) is 6.92 Å². The number of anilines is 1. The molecule has 1 N–H and O–H groups in total. The van der Waals surface area contributed by atoms with Gasteiger partial charge in [0.1, 0.15) is 5.56 Å². The van der Waals surface area contributed by atoms with Crippen molar-refractivity contribution in [1.82, 2.24) is 4.98 Å². The van der Waals surface area contributed by atoms with Gasteiger partial charge in [-0.15, -0.1) is 0 Å². The zero-order valence-electron chi connectivity index (χ0n) is 15.6. The molecule has 0 aliphatic heterocycles.